The van der Waals surface area contributed by atoms with Crippen molar-refractivity contribution in [2.24, 2.45) is 4.99 Å². The van der Waals surface area contributed by atoms with Crippen LogP contribution in [0.5, 0.6) is 0 Å². The summed E-state index contributed by atoms with van der Waals surface area (Å²) in [5.74, 6) is 0.743. The number of rotatable bonds is 10. The molecule has 0 saturated carbocycles. The zero-order chi connectivity index (χ0) is 17.8. The Morgan fingerprint density at radius 1 is 1.28 bits per heavy atom. The first kappa shape index (κ1) is 24.4. The Balaban J connectivity index is 0.00000576. The van der Waals surface area contributed by atoms with Crippen LogP contribution < -0.4 is 16.0 Å². The van der Waals surface area contributed by atoms with Crippen LogP contribution in [0, 0.1) is 0 Å². The first-order valence-electron chi connectivity index (χ1n) is 8.56. The normalized spacial score (nSPS) is 19.1. The molecule has 0 spiro atoms. The van der Waals surface area contributed by atoms with Crippen molar-refractivity contribution < 1.29 is 17.9 Å². The number of halogens is 1. The van der Waals surface area contributed by atoms with Crippen LogP contribution in [0.25, 0.3) is 0 Å². The van der Waals surface area contributed by atoms with Gasteiger partial charge in [-0.05, 0) is 26.7 Å². The molecule has 1 amide bonds. The van der Waals surface area contributed by atoms with Gasteiger partial charge in [-0.25, -0.2) is 8.42 Å². The fourth-order valence-corrected chi connectivity index (χ4v) is 4.02. The summed E-state index contributed by atoms with van der Waals surface area (Å²) in [4.78, 5) is 16.3. The lowest BCUT2D eigenvalue weighted by atomic mass is 10.2. The Hall–Kier alpha value is -0.620. The predicted molar refractivity (Wildman–Crippen MR) is 110 cm³/mol. The number of sulfone groups is 1. The molecule has 0 aromatic carbocycles. The Kier molecular flexibility index (Phi) is 13.2. The molecule has 148 valence electrons. The smallest absolute Gasteiger partial charge is 0.222 e. The van der Waals surface area contributed by atoms with E-state index in [1.165, 1.54) is 0 Å². The van der Waals surface area contributed by atoms with Crippen molar-refractivity contribution in [2.75, 3.05) is 44.4 Å². The third kappa shape index (κ3) is 11.6. The van der Waals surface area contributed by atoms with E-state index in [-0.39, 0.29) is 53.9 Å². The molecule has 0 radical (unpaired) electrons. The fraction of sp³-hybridized carbons (Fsp3) is 0.867. The molecule has 1 aliphatic heterocycles. The van der Waals surface area contributed by atoms with Crippen molar-refractivity contribution in [1.29, 1.82) is 0 Å². The summed E-state index contributed by atoms with van der Waals surface area (Å²) in [5, 5.41) is 8.99. The minimum atomic E-state index is -2.97. The van der Waals surface area contributed by atoms with Crippen LogP contribution >= 0.6 is 24.0 Å². The topological polar surface area (TPSA) is 109 Å². The molecule has 1 unspecified atom stereocenters. The molecule has 0 bridgehead atoms. The highest BCUT2D eigenvalue weighted by atomic mass is 127. The lowest BCUT2D eigenvalue weighted by Crippen LogP contribution is -2.41. The van der Waals surface area contributed by atoms with E-state index in [0.29, 0.717) is 38.7 Å². The van der Waals surface area contributed by atoms with Crippen LogP contribution in [-0.4, -0.2) is 70.7 Å². The molecule has 8 nitrogen and oxygen atoms in total. The Morgan fingerprint density at radius 2 is 2.04 bits per heavy atom. The quantitative estimate of drug-likeness (QED) is 0.176. The molecule has 10 heteroatoms. The zero-order valence-electron chi connectivity index (χ0n) is 15.0. The van der Waals surface area contributed by atoms with Gasteiger partial charge in [-0.3, -0.25) is 9.79 Å². The molecule has 1 aliphatic rings. The van der Waals surface area contributed by atoms with E-state index in [9.17, 15) is 13.2 Å². The third-order valence-corrected chi connectivity index (χ3v) is 5.28. The first-order chi connectivity index (χ1) is 11.5. The highest BCUT2D eigenvalue weighted by Crippen LogP contribution is 2.11. The molecule has 25 heavy (non-hydrogen) atoms. The van der Waals surface area contributed by atoms with Gasteiger partial charge in [-0.15, -0.1) is 24.0 Å². The average Bonchev–Trinajstić information content (AvgIpc) is 2.85. The molecule has 1 fully saturated rings. The number of guanidine groups is 1. The molecule has 1 saturated heterocycles. The highest BCUT2D eigenvalue weighted by molar-refractivity contribution is 14.0. The lowest BCUT2D eigenvalue weighted by Gasteiger charge is -2.13. The van der Waals surface area contributed by atoms with Crippen LogP contribution in [-0.2, 0) is 19.4 Å². The summed E-state index contributed by atoms with van der Waals surface area (Å²) in [5.41, 5.74) is 0. The predicted octanol–water partition coefficient (Wildman–Crippen LogP) is 0.280. The highest BCUT2D eigenvalue weighted by Gasteiger charge is 2.28. The van der Waals surface area contributed by atoms with Gasteiger partial charge < -0.3 is 20.7 Å². The van der Waals surface area contributed by atoms with Crippen LogP contribution in [0.15, 0.2) is 4.99 Å². The zero-order valence-corrected chi connectivity index (χ0v) is 18.2. The summed E-state index contributed by atoms with van der Waals surface area (Å²) < 4.78 is 28.0. The summed E-state index contributed by atoms with van der Waals surface area (Å²) in [6.45, 7) is 7.17. The van der Waals surface area contributed by atoms with Crippen molar-refractivity contribution in [1.82, 2.24) is 16.0 Å². The molecular weight excluding hydrogens is 459 g/mol. The molecule has 1 atom stereocenters. The fourth-order valence-electron chi connectivity index (χ4n) is 2.35. The van der Waals surface area contributed by atoms with E-state index in [0.717, 1.165) is 13.0 Å². The van der Waals surface area contributed by atoms with Gasteiger partial charge in [-0.2, -0.15) is 0 Å². The minimum absolute atomic E-state index is 0. The Morgan fingerprint density at radius 3 is 2.64 bits per heavy atom. The van der Waals surface area contributed by atoms with E-state index in [4.69, 9.17) is 4.74 Å². The molecule has 1 heterocycles. The molecule has 0 aromatic rings. The maximum Gasteiger partial charge on any atom is 0.222 e. The number of nitrogens with zero attached hydrogens (tertiary/aromatic N) is 1. The number of nitrogens with one attached hydrogen (secondary N) is 3. The number of carbonyl (C=O) groups is 1. The number of carbonyl (C=O) groups excluding carboxylic acids is 1. The third-order valence-electron chi connectivity index (χ3n) is 3.51. The number of hydrogen-bond acceptors (Lipinski definition) is 5. The van der Waals surface area contributed by atoms with E-state index in [2.05, 4.69) is 20.9 Å². The largest absolute Gasteiger partial charge is 0.382 e. The molecule has 0 aliphatic carbocycles. The average molecular weight is 490 g/mol. The second-order valence-electron chi connectivity index (χ2n) is 5.66. The van der Waals surface area contributed by atoms with Crippen molar-refractivity contribution in [3.63, 3.8) is 0 Å². The van der Waals surface area contributed by atoms with Crippen LogP contribution in [0.3, 0.4) is 0 Å². The van der Waals surface area contributed by atoms with Gasteiger partial charge in [0.1, 0.15) is 0 Å². The molecular formula is C15H31IN4O4S. The summed E-state index contributed by atoms with van der Waals surface area (Å²) in [6.07, 6.45) is 1.63. The Bertz CT molecular complexity index is 514. The number of aliphatic imine (C=N–C) groups is 1. The van der Waals surface area contributed by atoms with Crippen molar-refractivity contribution in [3.8, 4) is 0 Å². The maximum atomic E-state index is 11.9. The van der Waals surface area contributed by atoms with Gasteiger partial charge in [0, 0.05) is 45.3 Å². The van der Waals surface area contributed by atoms with Crippen LogP contribution in [0.2, 0.25) is 0 Å². The maximum absolute atomic E-state index is 11.9. The van der Waals surface area contributed by atoms with Crippen molar-refractivity contribution in [2.45, 2.75) is 39.2 Å². The van der Waals surface area contributed by atoms with E-state index >= 15 is 0 Å². The Labute approximate surface area is 167 Å². The lowest BCUT2D eigenvalue weighted by molar-refractivity contribution is -0.121. The number of ether oxygens (including phenoxy) is 1. The van der Waals surface area contributed by atoms with Gasteiger partial charge >= 0.3 is 0 Å². The van der Waals surface area contributed by atoms with Gasteiger partial charge in [0.25, 0.3) is 0 Å². The minimum Gasteiger partial charge on any atom is -0.382 e. The van der Waals surface area contributed by atoms with Gasteiger partial charge in [0.05, 0.1) is 11.5 Å². The SMILES string of the molecule is CCNC(=NCCCOCC)NCCC(=O)NC1CCS(=O)(=O)C1.I. The van der Waals surface area contributed by atoms with E-state index in [1.54, 1.807) is 0 Å². The van der Waals surface area contributed by atoms with Crippen molar-refractivity contribution >= 4 is 45.7 Å². The van der Waals surface area contributed by atoms with Gasteiger partial charge in [0.15, 0.2) is 15.8 Å². The van der Waals surface area contributed by atoms with Gasteiger partial charge in [0.2, 0.25) is 5.91 Å². The molecule has 0 aromatic heterocycles. The summed E-state index contributed by atoms with van der Waals surface area (Å²) >= 11 is 0. The van der Waals surface area contributed by atoms with E-state index < -0.39 is 9.84 Å². The summed E-state index contributed by atoms with van der Waals surface area (Å²) in [6, 6.07) is -0.247. The van der Waals surface area contributed by atoms with E-state index in [1.807, 2.05) is 13.8 Å². The number of hydrogen-bond donors (Lipinski definition) is 3. The molecule has 1 rings (SSSR count). The van der Waals surface area contributed by atoms with Crippen LogP contribution in [0.1, 0.15) is 33.1 Å². The first-order valence-corrected chi connectivity index (χ1v) is 10.4. The summed E-state index contributed by atoms with van der Waals surface area (Å²) in [7, 11) is -2.97. The monoisotopic (exact) mass is 490 g/mol. The number of amides is 1. The second kappa shape index (κ2) is 13.6. The second-order valence-corrected chi connectivity index (χ2v) is 7.88. The van der Waals surface area contributed by atoms with Gasteiger partial charge in [-0.1, -0.05) is 0 Å². The molecule has 3 N–H and O–H groups in total. The van der Waals surface area contributed by atoms with Crippen molar-refractivity contribution in [3.05, 3.63) is 0 Å². The van der Waals surface area contributed by atoms with Crippen LogP contribution in [0.4, 0.5) is 0 Å². The standard InChI is InChI=1S/C15H30N4O4S.HI/c1-3-16-15(17-8-5-10-23-4-2)18-9-6-14(20)19-13-7-11-24(21,22)12-13;/h13H,3-12H2,1-2H3,(H,19,20)(H2,16,17,18);1H.